The van der Waals surface area contributed by atoms with Gasteiger partial charge in [0.15, 0.2) is 0 Å². The molecule has 0 atom stereocenters. The average molecular weight is 440 g/mol. The van der Waals surface area contributed by atoms with Crippen LogP contribution in [0, 0.1) is 0 Å². The Morgan fingerprint density at radius 3 is 2.37 bits per heavy atom. The summed E-state index contributed by atoms with van der Waals surface area (Å²) in [4.78, 5) is 26.1. The van der Waals surface area contributed by atoms with Crippen LogP contribution < -0.4 is 10.6 Å². The van der Waals surface area contributed by atoms with E-state index in [-0.39, 0.29) is 23.5 Å². The SMILES string of the molecule is CNC(=O)c1ccc(CN(CC(=O)Nc2c(Cl)cccc2C(F)(F)F)C2CC2)cc1. The van der Waals surface area contributed by atoms with Crippen molar-refractivity contribution in [2.24, 2.45) is 0 Å². The number of benzene rings is 2. The van der Waals surface area contributed by atoms with E-state index in [0.29, 0.717) is 12.1 Å². The van der Waals surface area contributed by atoms with Gasteiger partial charge >= 0.3 is 6.18 Å². The van der Waals surface area contributed by atoms with Crippen molar-refractivity contribution in [1.82, 2.24) is 10.2 Å². The molecule has 0 aliphatic heterocycles. The molecule has 2 N–H and O–H groups in total. The number of nitrogens with zero attached hydrogens (tertiary/aromatic N) is 1. The predicted octanol–water partition coefficient (Wildman–Crippen LogP) is 4.32. The molecule has 1 aliphatic carbocycles. The summed E-state index contributed by atoms with van der Waals surface area (Å²) in [6.07, 6.45) is -2.79. The van der Waals surface area contributed by atoms with E-state index >= 15 is 0 Å². The van der Waals surface area contributed by atoms with E-state index < -0.39 is 23.3 Å². The monoisotopic (exact) mass is 439 g/mol. The molecule has 0 radical (unpaired) electrons. The molecule has 0 spiro atoms. The van der Waals surface area contributed by atoms with Crippen LogP contribution in [0.1, 0.15) is 34.3 Å². The molecule has 9 heteroatoms. The number of carbonyl (C=O) groups is 2. The Bertz CT molecular complexity index is 928. The van der Waals surface area contributed by atoms with Crippen molar-refractivity contribution in [3.05, 3.63) is 64.2 Å². The van der Waals surface area contributed by atoms with Crippen LogP contribution >= 0.6 is 11.6 Å². The number of hydrogen-bond donors (Lipinski definition) is 2. The summed E-state index contributed by atoms with van der Waals surface area (Å²) in [7, 11) is 1.55. The molecule has 160 valence electrons. The van der Waals surface area contributed by atoms with E-state index in [1.54, 1.807) is 31.3 Å². The van der Waals surface area contributed by atoms with Crippen molar-refractivity contribution in [2.75, 3.05) is 18.9 Å². The third-order valence-electron chi connectivity index (χ3n) is 4.82. The summed E-state index contributed by atoms with van der Waals surface area (Å²) in [6, 6.07) is 10.6. The number of anilines is 1. The number of alkyl halides is 3. The molecule has 1 saturated carbocycles. The number of amides is 2. The van der Waals surface area contributed by atoms with E-state index in [1.165, 1.54) is 12.1 Å². The van der Waals surface area contributed by atoms with Crippen molar-refractivity contribution in [3.63, 3.8) is 0 Å². The summed E-state index contributed by atoms with van der Waals surface area (Å²) in [5.41, 5.74) is 0.0138. The Labute approximate surface area is 177 Å². The maximum atomic E-state index is 13.2. The van der Waals surface area contributed by atoms with E-state index in [2.05, 4.69) is 10.6 Å². The number of rotatable bonds is 7. The van der Waals surface area contributed by atoms with Crippen LogP contribution in [0.15, 0.2) is 42.5 Å². The van der Waals surface area contributed by atoms with Gasteiger partial charge < -0.3 is 10.6 Å². The summed E-state index contributed by atoms with van der Waals surface area (Å²) < 4.78 is 39.7. The predicted molar refractivity (Wildman–Crippen MR) is 108 cm³/mol. The van der Waals surface area contributed by atoms with Gasteiger partial charge in [-0.2, -0.15) is 13.2 Å². The lowest BCUT2D eigenvalue weighted by atomic mass is 10.1. The fourth-order valence-corrected chi connectivity index (χ4v) is 3.37. The lowest BCUT2D eigenvalue weighted by molar-refractivity contribution is -0.137. The molecule has 3 rings (SSSR count). The quantitative estimate of drug-likeness (QED) is 0.675. The average Bonchev–Trinajstić information content (AvgIpc) is 3.53. The number of para-hydroxylation sites is 1. The van der Waals surface area contributed by atoms with Crippen LogP contribution in [-0.4, -0.2) is 36.3 Å². The smallest absolute Gasteiger partial charge is 0.355 e. The van der Waals surface area contributed by atoms with Gasteiger partial charge in [-0.05, 0) is 42.7 Å². The zero-order valence-corrected chi connectivity index (χ0v) is 17.0. The molecular formula is C21H21ClF3N3O2. The molecule has 0 saturated heterocycles. The summed E-state index contributed by atoms with van der Waals surface area (Å²) >= 11 is 5.91. The van der Waals surface area contributed by atoms with Crippen molar-refractivity contribution < 1.29 is 22.8 Å². The molecule has 0 bridgehead atoms. The third-order valence-corrected chi connectivity index (χ3v) is 5.14. The third kappa shape index (κ3) is 5.52. The number of nitrogens with one attached hydrogen (secondary N) is 2. The lowest BCUT2D eigenvalue weighted by Gasteiger charge is -2.22. The molecule has 1 fully saturated rings. The minimum absolute atomic E-state index is 0.0651. The molecule has 2 aromatic carbocycles. The molecule has 0 unspecified atom stereocenters. The van der Waals surface area contributed by atoms with Crippen molar-refractivity contribution in [3.8, 4) is 0 Å². The van der Waals surface area contributed by atoms with Gasteiger partial charge in [0.2, 0.25) is 5.91 Å². The van der Waals surface area contributed by atoms with Crippen molar-refractivity contribution in [2.45, 2.75) is 31.6 Å². The largest absolute Gasteiger partial charge is 0.418 e. The van der Waals surface area contributed by atoms with Gasteiger partial charge in [-0.3, -0.25) is 14.5 Å². The highest BCUT2D eigenvalue weighted by molar-refractivity contribution is 6.34. The van der Waals surface area contributed by atoms with Gasteiger partial charge in [0.25, 0.3) is 5.91 Å². The first-order valence-electron chi connectivity index (χ1n) is 9.39. The Kier molecular flexibility index (Phi) is 6.67. The van der Waals surface area contributed by atoms with Gasteiger partial charge in [-0.25, -0.2) is 0 Å². The van der Waals surface area contributed by atoms with Crippen LogP contribution in [0.2, 0.25) is 5.02 Å². The van der Waals surface area contributed by atoms with Gasteiger partial charge in [-0.15, -0.1) is 0 Å². The fraction of sp³-hybridized carbons (Fsp3) is 0.333. The molecule has 2 aromatic rings. The van der Waals surface area contributed by atoms with Crippen molar-refractivity contribution in [1.29, 1.82) is 0 Å². The zero-order chi connectivity index (χ0) is 21.9. The van der Waals surface area contributed by atoms with Crippen molar-refractivity contribution >= 4 is 29.1 Å². The second kappa shape index (κ2) is 9.06. The highest BCUT2D eigenvalue weighted by Crippen LogP contribution is 2.38. The molecule has 0 aromatic heterocycles. The first kappa shape index (κ1) is 22.1. The Morgan fingerprint density at radius 2 is 1.80 bits per heavy atom. The van der Waals surface area contributed by atoms with E-state index in [4.69, 9.17) is 11.6 Å². The first-order chi connectivity index (χ1) is 14.2. The fourth-order valence-electron chi connectivity index (χ4n) is 3.14. The molecule has 5 nitrogen and oxygen atoms in total. The Balaban J connectivity index is 1.69. The molecule has 30 heavy (non-hydrogen) atoms. The summed E-state index contributed by atoms with van der Waals surface area (Å²) in [5.74, 6) is -0.761. The Morgan fingerprint density at radius 1 is 1.13 bits per heavy atom. The van der Waals surface area contributed by atoms with E-state index in [9.17, 15) is 22.8 Å². The van der Waals surface area contributed by atoms with Crippen LogP contribution in [-0.2, 0) is 17.5 Å². The highest BCUT2D eigenvalue weighted by atomic mass is 35.5. The van der Waals surface area contributed by atoms with Crippen LogP contribution in [0.4, 0.5) is 18.9 Å². The topological polar surface area (TPSA) is 61.4 Å². The first-order valence-corrected chi connectivity index (χ1v) is 9.77. The van der Waals surface area contributed by atoms with Gasteiger partial charge in [0.1, 0.15) is 0 Å². The van der Waals surface area contributed by atoms with E-state index in [1.807, 2.05) is 4.90 Å². The second-order valence-electron chi connectivity index (χ2n) is 7.12. The normalized spacial score (nSPS) is 13.9. The summed E-state index contributed by atoms with van der Waals surface area (Å²) in [5, 5.41) is 4.71. The molecule has 2 amide bonds. The Hall–Kier alpha value is -2.58. The minimum Gasteiger partial charge on any atom is -0.355 e. The molecular weight excluding hydrogens is 419 g/mol. The summed E-state index contributed by atoms with van der Waals surface area (Å²) in [6.45, 7) is 0.380. The zero-order valence-electron chi connectivity index (χ0n) is 16.2. The number of halogens is 4. The van der Waals surface area contributed by atoms with Crippen LogP contribution in [0.25, 0.3) is 0 Å². The molecule has 1 aliphatic rings. The van der Waals surface area contributed by atoms with Crippen LogP contribution in [0.5, 0.6) is 0 Å². The minimum atomic E-state index is -4.63. The highest BCUT2D eigenvalue weighted by Gasteiger charge is 2.35. The maximum Gasteiger partial charge on any atom is 0.418 e. The van der Waals surface area contributed by atoms with Gasteiger partial charge in [0, 0.05) is 25.2 Å². The molecule has 0 heterocycles. The van der Waals surface area contributed by atoms with E-state index in [0.717, 1.165) is 24.5 Å². The lowest BCUT2D eigenvalue weighted by Crippen LogP contribution is -2.35. The number of hydrogen-bond acceptors (Lipinski definition) is 3. The van der Waals surface area contributed by atoms with Gasteiger partial charge in [0.05, 0.1) is 22.8 Å². The maximum absolute atomic E-state index is 13.2. The second-order valence-corrected chi connectivity index (χ2v) is 7.53. The standard InChI is InChI=1S/C21H21ClF3N3O2/c1-26-20(30)14-7-5-13(6-8-14)11-28(15-9-10-15)12-18(29)27-19-16(21(23,24)25)3-2-4-17(19)22/h2-8,15H,9-12H2,1H3,(H,26,30)(H,27,29). The van der Waals surface area contributed by atoms with Crippen LogP contribution in [0.3, 0.4) is 0 Å². The number of carbonyl (C=O) groups excluding carboxylic acids is 2. The van der Waals surface area contributed by atoms with Gasteiger partial charge in [-0.1, -0.05) is 29.8 Å².